The summed E-state index contributed by atoms with van der Waals surface area (Å²) >= 11 is 0. The van der Waals surface area contributed by atoms with Gasteiger partial charge < -0.3 is 4.98 Å². The molecular weight excluding hydrogens is 298 g/mol. The lowest BCUT2D eigenvalue weighted by molar-refractivity contribution is 0.320. The fourth-order valence-electron chi connectivity index (χ4n) is 3.19. The second-order valence-electron chi connectivity index (χ2n) is 5.99. The van der Waals surface area contributed by atoms with Crippen LogP contribution in [0.4, 0.5) is 0 Å². The van der Waals surface area contributed by atoms with Gasteiger partial charge in [0.15, 0.2) is 0 Å². The molecule has 0 radical (unpaired) electrons. The lowest BCUT2D eigenvalue weighted by atomic mass is 9.91. The lowest BCUT2D eigenvalue weighted by Gasteiger charge is -2.31. The number of unbranched alkanes of at least 4 members (excludes halogenated alkanes) is 1. The maximum absolute atomic E-state index is 12.3. The molecule has 0 amide bonds. The monoisotopic (exact) mass is 321 g/mol. The van der Waals surface area contributed by atoms with Crippen LogP contribution in [0.1, 0.15) is 44.1 Å². The third-order valence-electron chi connectivity index (χ3n) is 4.51. The van der Waals surface area contributed by atoms with Crippen molar-refractivity contribution in [3.05, 3.63) is 30.1 Å². The van der Waals surface area contributed by atoms with E-state index in [1.807, 2.05) is 31.5 Å². The van der Waals surface area contributed by atoms with Crippen molar-refractivity contribution in [1.82, 2.24) is 14.3 Å². The molecule has 0 aliphatic carbocycles. The van der Waals surface area contributed by atoms with E-state index in [2.05, 4.69) is 9.97 Å². The molecule has 3 rings (SSSR count). The zero-order chi connectivity index (χ0) is 15.6. The molecule has 0 atom stereocenters. The van der Waals surface area contributed by atoms with E-state index in [-0.39, 0.29) is 5.75 Å². The van der Waals surface area contributed by atoms with E-state index in [9.17, 15) is 8.42 Å². The highest BCUT2D eigenvalue weighted by atomic mass is 32.2. The summed E-state index contributed by atoms with van der Waals surface area (Å²) in [5.74, 6) is 0.671. The molecule has 5 nitrogen and oxygen atoms in total. The van der Waals surface area contributed by atoms with Gasteiger partial charge >= 0.3 is 0 Å². The van der Waals surface area contributed by atoms with Gasteiger partial charge in [-0.1, -0.05) is 13.3 Å². The molecule has 6 heteroatoms. The minimum absolute atomic E-state index is 0.281. The van der Waals surface area contributed by atoms with E-state index >= 15 is 0 Å². The van der Waals surface area contributed by atoms with E-state index in [0.29, 0.717) is 19.0 Å². The molecule has 1 N–H and O–H groups in total. The highest BCUT2D eigenvalue weighted by Gasteiger charge is 2.29. The van der Waals surface area contributed by atoms with Gasteiger partial charge in [0.1, 0.15) is 0 Å². The number of hydrogen-bond donors (Lipinski definition) is 1. The van der Waals surface area contributed by atoms with E-state index < -0.39 is 10.0 Å². The molecule has 1 fully saturated rings. The summed E-state index contributed by atoms with van der Waals surface area (Å²) in [5, 5.41) is 0. The van der Waals surface area contributed by atoms with Crippen molar-refractivity contribution in [2.24, 2.45) is 0 Å². The number of nitrogens with zero attached hydrogens (tertiary/aromatic N) is 2. The third kappa shape index (κ3) is 3.03. The molecule has 0 aromatic carbocycles. The maximum atomic E-state index is 12.3. The Labute approximate surface area is 131 Å². The molecule has 0 unspecified atom stereocenters. The first-order valence-corrected chi connectivity index (χ1v) is 9.62. The third-order valence-corrected chi connectivity index (χ3v) is 6.46. The summed E-state index contributed by atoms with van der Waals surface area (Å²) in [6.07, 6.45) is 7.24. The minimum Gasteiger partial charge on any atom is -0.360 e. The molecule has 120 valence electrons. The first kappa shape index (κ1) is 15.5. The Morgan fingerprint density at radius 2 is 2.14 bits per heavy atom. The van der Waals surface area contributed by atoms with Crippen molar-refractivity contribution in [2.75, 3.05) is 18.8 Å². The Balaban J connectivity index is 1.69. The number of hydrogen-bond acceptors (Lipinski definition) is 3. The van der Waals surface area contributed by atoms with Crippen molar-refractivity contribution in [3.63, 3.8) is 0 Å². The number of sulfonamides is 1. The Hall–Kier alpha value is -1.40. The molecule has 0 saturated carbocycles. The van der Waals surface area contributed by atoms with E-state index in [1.165, 1.54) is 5.56 Å². The number of nitrogens with one attached hydrogen (secondary N) is 1. The molecule has 2 aromatic rings. The molecule has 0 bridgehead atoms. The number of H-pyrrole nitrogens is 1. The largest absolute Gasteiger partial charge is 0.360 e. The van der Waals surface area contributed by atoms with Crippen LogP contribution in [-0.2, 0) is 10.0 Å². The summed E-state index contributed by atoms with van der Waals surface area (Å²) in [7, 11) is -3.07. The van der Waals surface area contributed by atoms with E-state index in [4.69, 9.17) is 0 Å². The Kier molecular flexibility index (Phi) is 4.49. The van der Waals surface area contributed by atoms with Crippen LogP contribution in [-0.4, -0.2) is 41.5 Å². The summed E-state index contributed by atoms with van der Waals surface area (Å²) in [4.78, 5) is 7.72. The maximum Gasteiger partial charge on any atom is 0.214 e. The van der Waals surface area contributed by atoms with Crippen LogP contribution in [0.2, 0.25) is 0 Å². The van der Waals surface area contributed by atoms with Gasteiger partial charge in [-0.3, -0.25) is 4.98 Å². The Bertz CT molecular complexity index is 731. The zero-order valence-corrected chi connectivity index (χ0v) is 13.8. The first-order chi connectivity index (χ1) is 10.6. The molecule has 22 heavy (non-hydrogen) atoms. The summed E-state index contributed by atoms with van der Waals surface area (Å²) in [5.41, 5.74) is 3.30. The van der Waals surface area contributed by atoms with Crippen LogP contribution >= 0.6 is 0 Å². The fraction of sp³-hybridized carbons (Fsp3) is 0.562. The minimum atomic E-state index is -3.07. The highest BCUT2D eigenvalue weighted by Crippen LogP contribution is 2.32. The second-order valence-corrected chi connectivity index (χ2v) is 8.07. The molecule has 1 aliphatic heterocycles. The molecule has 1 saturated heterocycles. The van der Waals surface area contributed by atoms with Crippen molar-refractivity contribution in [3.8, 4) is 0 Å². The van der Waals surface area contributed by atoms with Crippen LogP contribution in [0, 0.1) is 0 Å². The molecular formula is C16H23N3O2S. The fourth-order valence-corrected chi connectivity index (χ4v) is 4.87. The highest BCUT2D eigenvalue weighted by molar-refractivity contribution is 7.89. The standard InChI is InChI=1S/C16H23N3O2S/c1-2-3-11-22(20,21)19-9-6-13(7-10-19)14-12-18-15-5-4-8-17-16(14)15/h4-5,8,12-13,18H,2-3,6-7,9-11H2,1H3. The number of pyridine rings is 1. The topological polar surface area (TPSA) is 66.1 Å². The van der Waals surface area contributed by atoms with Crippen LogP contribution in [0.5, 0.6) is 0 Å². The number of fused-ring (bicyclic) bond motifs is 1. The van der Waals surface area contributed by atoms with Gasteiger partial charge in [-0.15, -0.1) is 0 Å². The van der Waals surface area contributed by atoms with Gasteiger partial charge in [0.05, 0.1) is 16.8 Å². The Morgan fingerprint density at radius 1 is 1.36 bits per heavy atom. The van der Waals surface area contributed by atoms with E-state index in [0.717, 1.165) is 36.7 Å². The summed E-state index contributed by atoms with van der Waals surface area (Å²) in [6, 6.07) is 3.95. The number of piperidine rings is 1. The molecule has 2 aromatic heterocycles. The van der Waals surface area contributed by atoms with Crippen molar-refractivity contribution in [1.29, 1.82) is 0 Å². The molecule has 1 aliphatic rings. The van der Waals surface area contributed by atoms with Crippen LogP contribution in [0.3, 0.4) is 0 Å². The van der Waals surface area contributed by atoms with Gasteiger partial charge in [-0.2, -0.15) is 0 Å². The normalized spacial score (nSPS) is 18.0. The number of aromatic amines is 1. The van der Waals surface area contributed by atoms with Crippen LogP contribution < -0.4 is 0 Å². The molecule has 0 spiro atoms. The van der Waals surface area contributed by atoms with Gasteiger partial charge in [-0.25, -0.2) is 12.7 Å². The lowest BCUT2D eigenvalue weighted by Crippen LogP contribution is -2.39. The van der Waals surface area contributed by atoms with Crippen LogP contribution in [0.25, 0.3) is 11.0 Å². The average molecular weight is 321 g/mol. The van der Waals surface area contributed by atoms with Gasteiger partial charge in [-0.05, 0) is 42.9 Å². The van der Waals surface area contributed by atoms with Gasteiger partial charge in [0.25, 0.3) is 0 Å². The molecule has 3 heterocycles. The smallest absolute Gasteiger partial charge is 0.214 e. The SMILES string of the molecule is CCCCS(=O)(=O)N1CCC(c2c[nH]c3cccnc23)CC1. The Morgan fingerprint density at radius 3 is 2.86 bits per heavy atom. The predicted molar refractivity (Wildman–Crippen MR) is 88.3 cm³/mol. The zero-order valence-electron chi connectivity index (χ0n) is 13.0. The average Bonchev–Trinajstić information content (AvgIpc) is 2.97. The van der Waals surface area contributed by atoms with Crippen molar-refractivity contribution >= 4 is 21.1 Å². The first-order valence-electron chi connectivity index (χ1n) is 8.01. The second kappa shape index (κ2) is 6.38. The summed E-state index contributed by atoms with van der Waals surface area (Å²) in [6.45, 7) is 3.26. The van der Waals surface area contributed by atoms with E-state index in [1.54, 1.807) is 4.31 Å². The van der Waals surface area contributed by atoms with Gasteiger partial charge in [0.2, 0.25) is 10.0 Å². The summed E-state index contributed by atoms with van der Waals surface area (Å²) < 4.78 is 26.2. The predicted octanol–water partition coefficient (Wildman–Crippen LogP) is 2.87. The van der Waals surface area contributed by atoms with Crippen molar-refractivity contribution < 1.29 is 8.42 Å². The van der Waals surface area contributed by atoms with Gasteiger partial charge in [0, 0.05) is 25.5 Å². The quantitative estimate of drug-likeness (QED) is 0.921. The number of aromatic nitrogens is 2. The van der Waals surface area contributed by atoms with Crippen LogP contribution in [0.15, 0.2) is 24.5 Å². The van der Waals surface area contributed by atoms with Crippen molar-refractivity contribution in [2.45, 2.75) is 38.5 Å². The number of rotatable bonds is 5.